The average molecular weight is 340 g/mol. The van der Waals surface area contributed by atoms with Gasteiger partial charge in [-0.2, -0.15) is 0 Å². The van der Waals surface area contributed by atoms with Gasteiger partial charge in [-0.15, -0.1) is 0 Å². The third-order valence-electron chi connectivity index (χ3n) is 3.35. The largest absolute Gasteiger partial charge is 0.394 e. The lowest BCUT2D eigenvalue weighted by atomic mass is 10.2. The van der Waals surface area contributed by atoms with Crippen molar-refractivity contribution in [3.8, 4) is 0 Å². The molecular weight excluding hydrogens is 324 g/mol. The number of aromatic nitrogens is 4. The van der Waals surface area contributed by atoms with Crippen LogP contribution in [0.15, 0.2) is 28.9 Å². The SMILES string of the molecule is C1=CSSC1.O=c1[nH]cnc2c1ncn2[C@H]1CC[C@@H](CO)O1. The van der Waals surface area contributed by atoms with Crippen LogP contribution < -0.4 is 5.56 Å². The Kier molecular flexibility index (Phi) is 5.19. The van der Waals surface area contributed by atoms with E-state index < -0.39 is 0 Å². The van der Waals surface area contributed by atoms with Crippen molar-refractivity contribution in [2.75, 3.05) is 12.4 Å². The molecule has 22 heavy (non-hydrogen) atoms. The molecule has 2 aliphatic rings. The molecule has 4 heterocycles. The smallest absolute Gasteiger partial charge is 0.278 e. The Bertz CT molecular complexity index is 709. The van der Waals surface area contributed by atoms with E-state index in [0.717, 1.165) is 12.8 Å². The summed E-state index contributed by atoms with van der Waals surface area (Å²) in [5, 5.41) is 11.1. The van der Waals surface area contributed by atoms with E-state index in [1.807, 2.05) is 21.6 Å². The van der Waals surface area contributed by atoms with E-state index in [9.17, 15) is 4.79 Å². The summed E-state index contributed by atoms with van der Waals surface area (Å²) in [4.78, 5) is 22.1. The van der Waals surface area contributed by atoms with E-state index in [0.29, 0.717) is 11.2 Å². The van der Waals surface area contributed by atoms with Crippen LogP contribution in [-0.2, 0) is 4.74 Å². The summed E-state index contributed by atoms with van der Waals surface area (Å²) in [5.74, 6) is 1.20. The normalized spacial score (nSPS) is 23.7. The van der Waals surface area contributed by atoms with Gasteiger partial charge in [0.2, 0.25) is 0 Å². The molecule has 0 saturated carbocycles. The number of H-pyrrole nitrogens is 1. The number of aliphatic hydroxyl groups excluding tert-OH is 1. The first-order valence-electron chi connectivity index (χ1n) is 6.89. The molecule has 4 rings (SSSR count). The van der Waals surface area contributed by atoms with Crippen LogP contribution in [-0.4, -0.2) is 43.1 Å². The Labute approximate surface area is 134 Å². The lowest BCUT2D eigenvalue weighted by Gasteiger charge is -2.13. The lowest BCUT2D eigenvalue weighted by Crippen LogP contribution is -2.14. The molecule has 0 radical (unpaired) electrons. The summed E-state index contributed by atoms with van der Waals surface area (Å²) in [7, 11) is 3.69. The predicted molar refractivity (Wildman–Crippen MR) is 87.6 cm³/mol. The molecular formula is C13H16N4O3S2. The maximum absolute atomic E-state index is 11.5. The third-order valence-corrected chi connectivity index (χ3v) is 5.27. The van der Waals surface area contributed by atoms with Gasteiger partial charge in [0.25, 0.3) is 5.56 Å². The molecule has 0 amide bonds. The summed E-state index contributed by atoms with van der Waals surface area (Å²) in [6.07, 6.45) is 6.30. The van der Waals surface area contributed by atoms with Crippen molar-refractivity contribution >= 4 is 32.8 Å². The van der Waals surface area contributed by atoms with E-state index in [1.165, 1.54) is 12.1 Å². The predicted octanol–water partition coefficient (Wildman–Crippen LogP) is 1.68. The number of nitrogens with zero attached hydrogens (tertiary/aromatic N) is 3. The highest BCUT2D eigenvalue weighted by Gasteiger charge is 2.27. The molecule has 1 fully saturated rings. The second-order valence-electron chi connectivity index (χ2n) is 4.78. The van der Waals surface area contributed by atoms with Crippen LogP contribution in [0.1, 0.15) is 19.1 Å². The monoisotopic (exact) mass is 340 g/mol. The third kappa shape index (κ3) is 3.37. The number of hydrogen-bond donors (Lipinski definition) is 2. The van der Waals surface area contributed by atoms with Gasteiger partial charge in [0.15, 0.2) is 11.2 Å². The van der Waals surface area contributed by atoms with Crippen molar-refractivity contribution in [3.05, 3.63) is 34.5 Å². The summed E-state index contributed by atoms with van der Waals surface area (Å²) in [5.41, 5.74) is 0.561. The average Bonchev–Trinajstić information content (AvgIpc) is 3.28. The van der Waals surface area contributed by atoms with Crippen LogP contribution in [0.5, 0.6) is 0 Å². The molecule has 7 nitrogen and oxygen atoms in total. The summed E-state index contributed by atoms with van der Waals surface area (Å²) in [6, 6.07) is 0. The van der Waals surface area contributed by atoms with Crippen LogP contribution in [0.4, 0.5) is 0 Å². The zero-order chi connectivity index (χ0) is 15.4. The van der Waals surface area contributed by atoms with Crippen LogP contribution in [0.2, 0.25) is 0 Å². The first-order chi connectivity index (χ1) is 10.8. The molecule has 2 aromatic heterocycles. The van der Waals surface area contributed by atoms with Gasteiger partial charge < -0.3 is 14.8 Å². The number of aromatic amines is 1. The minimum Gasteiger partial charge on any atom is -0.394 e. The lowest BCUT2D eigenvalue weighted by molar-refractivity contribution is -0.0207. The van der Waals surface area contributed by atoms with Crippen molar-refractivity contribution in [3.63, 3.8) is 0 Å². The Hall–Kier alpha value is -1.29. The molecule has 2 aliphatic heterocycles. The van der Waals surface area contributed by atoms with Gasteiger partial charge in [-0.25, -0.2) is 9.97 Å². The molecule has 2 N–H and O–H groups in total. The Morgan fingerprint density at radius 3 is 3.00 bits per heavy atom. The molecule has 2 aromatic rings. The zero-order valence-electron chi connectivity index (χ0n) is 11.7. The van der Waals surface area contributed by atoms with Gasteiger partial charge in [0, 0.05) is 5.75 Å². The molecule has 118 valence electrons. The van der Waals surface area contributed by atoms with Gasteiger partial charge in [0.1, 0.15) is 6.23 Å². The topological polar surface area (TPSA) is 93.0 Å². The molecule has 2 atom stereocenters. The van der Waals surface area contributed by atoms with Crippen LogP contribution in [0.25, 0.3) is 11.2 Å². The molecule has 0 spiro atoms. The number of rotatable bonds is 2. The van der Waals surface area contributed by atoms with E-state index in [4.69, 9.17) is 9.84 Å². The molecule has 0 bridgehead atoms. The van der Waals surface area contributed by atoms with E-state index >= 15 is 0 Å². The number of aliphatic hydroxyl groups is 1. The highest BCUT2D eigenvalue weighted by atomic mass is 33.1. The Morgan fingerprint density at radius 2 is 2.36 bits per heavy atom. The standard InChI is InChI=1S/C10H12N4O3.C3H4S2/c15-3-6-1-2-7(17-6)14-5-13-8-9(14)11-4-12-10(8)16;1-2-4-5-3-1/h4-7,15H,1-3H2,(H,11,12,16);1-2H,3H2/t6-,7+;/m0./s1. The zero-order valence-corrected chi connectivity index (χ0v) is 13.3. The van der Waals surface area contributed by atoms with Crippen LogP contribution in [0.3, 0.4) is 0 Å². The second kappa shape index (κ2) is 7.32. The first kappa shape index (κ1) is 15.6. The number of imidazole rings is 1. The fourth-order valence-electron chi connectivity index (χ4n) is 2.30. The maximum atomic E-state index is 11.5. The van der Waals surface area contributed by atoms with Crippen LogP contribution >= 0.6 is 21.6 Å². The van der Waals surface area contributed by atoms with E-state index in [-0.39, 0.29) is 24.5 Å². The molecule has 1 saturated heterocycles. The fourth-order valence-corrected chi connectivity index (χ4v) is 3.87. The molecule has 9 heteroatoms. The molecule has 0 aliphatic carbocycles. The maximum Gasteiger partial charge on any atom is 0.278 e. The van der Waals surface area contributed by atoms with Crippen molar-refractivity contribution in [2.24, 2.45) is 0 Å². The highest BCUT2D eigenvalue weighted by Crippen LogP contribution is 2.29. The van der Waals surface area contributed by atoms with Gasteiger partial charge >= 0.3 is 0 Å². The molecule has 0 unspecified atom stereocenters. The van der Waals surface area contributed by atoms with Crippen molar-refractivity contribution < 1.29 is 9.84 Å². The highest BCUT2D eigenvalue weighted by molar-refractivity contribution is 8.78. The van der Waals surface area contributed by atoms with E-state index in [2.05, 4.69) is 26.4 Å². The van der Waals surface area contributed by atoms with Crippen molar-refractivity contribution in [2.45, 2.75) is 25.2 Å². The van der Waals surface area contributed by atoms with Gasteiger partial charge in [-0.05, 0) is 18.2 Å². The summed E-state index contributed by atoms with van der Waals surface area (Å²) >= 11 is 0. The number of nitrogens with one attached hydrogen (secondary N) is 1. The van der Waals surface area contributed by atoms with Gasteiger partial charge in [0.05, 0.1) is 25.4 Å². The Balaban J connectivity index is 0.000000246. The first-order valence-corrected chi connectivity index (χ1v) is 9.27. The fraction of sp³-hybridized carbons (Fsp3) is 0.462. The number of hydrogen-bond acceptors (Lipinski definition) is 7. The van der Waals surface area contributed by atoms with Gasteiger partial charge in [-0.1, -0.05) is 27.7 Å². The minimum atomic E-state index is -0.259. The quantitative estimate of drug-likeness (QED) is 0.804. The summed E-state index contributed by atoms with van der Waals surface area (Å²) < 4.78 is 7.36. The second-order valence-corrected chi connectivity index (χ2v) is 7.10. The van der Waals surface area contributed by atoms with Crippen molar-refractivity contribution in [1.82, 2.24) is 19.5 Å². The van der Waals surface area contributed by atoms with Crippen molar-refractivity contribution in [1.29, 1.82) is 0 Å². The minimum absolute atomic E-state index is 0.0111. The van der Waals surface area contributed by atoms with E-state index in [1.54, 1.807) is 10.9 Å². The molecule has 0 aromatic carbocycles. The number of ether oxygens (including phenoxy) is 1. The summed E-state index contributed by atoms with van der Waals surface area (Å²) in [6.45, 7) is 0.0111. The Morgan fingerprint density at radius 1 is 1.45 bits per heavy atom. The number of fused-ring (bicyclic) bond motifs is 1. The van der Waals surface area contributed by atoms with Gasteiger partial charge in [-0.3, -0.25) is 9.36 Å². The van der Waals surface area contributed by atoms with Crippen LogP contribution in [0, 0.1) is 0 Å².